The van der Waals surface area contributed by atoms with Crippen LogP contribution < -0.4 is 10.5 Å². The summed E-state index contributed by atoms with van der Waals surface area (Å²) in [7, 11) is 1.67. The van der Waals surface area contributed by atoms with Crippen LogP contribution in [0.25, 0.3) is 0 Å². The van der Waals surface area contributed by atoms with E-state index < -0.39 is 0 Å². The lowest BCUT2D eigenvalue weighted by Crippen LogP contribution is -2.15. The molecule has 0 bridgehead atoms. The maximum atomic E-state index is 7.50. The van der Waals surface area contributed by atoms with E-state index in [0.717, 1.165) is 10.9 Å². The van der Waals surface area contributed by atoms with E-state index in [2.05, 4.69) is 15.9 Å². The van der Waals surface area contributed by atoms with Gasteiger partial charge in [0.15, 0.2) is 0 Å². The van der Waals surface area contributed by atoms with Gasteiger partial charge >= 0.3 is 0 Å². The number of benzene rings is 1. The van der Waals surface area contributed by atoms with Crippen LogP contribution in [0.15, 0.2) is 22.7 Å². The fourth-order valence-electron chi connectivity index (χ4n) is 1.46. The number of nitrogens with one attached hydrogen (secondary N) is 1. The third kappa shape index (κ3) is 6.04. The van der Waals surface area contributed by atoms with Crippen molar-refractivity contribution in [1.82, 2.24) is 0 Å². The number of hydrogen-bond donors (Lipinski definition) is 2. The van der Waals surface area contributed by atoms with Crippen LogP contribution in [0.5, 0.6) is 5.75 Å². The Labute approximate surface area is 121 Å². The number of hydrogen-bond acceptors (Lipinski definition) is 4. The molecule has 0 saturated heterocycles. The van der Waals surface area contributed by atoms with Gasteiger partial charge in [0, 0.05) is 24.8 Å². The van der Waals surface area contributed by atoms with Crippen LogP contribution in [0.4, 0.5) is 0 Å². The van der Waals surface area contributed by atoms with Crippen LogP contribution in [-0.2, 0) is 9.47 Å². The second-order valence-corrected chi connectivity index (χ2v) is 4.78. The van der Waals surface area contributed by atoms with E-state index in [1.165, 1.54) is 0 Å². The van der Waals surface area contributed by atoms with Crippen LogP contribution in [0, 0.1) is 5.41 Å². The van der Waals surface area contributed by atoms with Crippen molar-refractivity contribution in [2.75, 3.05) is 33.5 Å². The number of methoxy groups -OCH3 is 1. The van der Waals surface area contributed by atoms with Crippen molar-refractivity contribution in [3.8, 4) is 5.75 Å². The number of ether oxygens (including phenoxy) is 3. The van der Waals surface area contributed by atoms with Crippen molar-refractivity contribution in [3.63, 3.8) is 0 Å². The summed E-state index contributed by atoms with van der Waals surface area (Å²) in [6, 6.07) is 5.39. The second-order valence-electron chi connectivity index (χ2n) is 3.86. The minimum absolute atomic E-state index is 0.0164. The molecular weight excluding hydrogens is 312 g/mol. The van der Waals surface area contributed by atoms with Crippen molar-refractivity contribution in [2.24, 2.45) is 5.73 Å². The minimum Gasteiger partial charge on any atom is -0.490 e. The smallest absolute Gasteiger partial charge is 0.130 e. The highest BCUT2D eigenvalue weighted by Gasteiger charge is 2.07. The molecule has 3 N–H and O–H groups in total. The molecule has 0 spiro atoms. The lowest BCUT2D eigenvalue weighted by Gasteiger charge is -2.11. The molecule has 0 radical (unpaired) electrons. The Balaban J connectivity index is 2.35. The van der Waals surface area contributed by atoms with Gasteiger partial charge in [-0.15, -0.1) is 0 Å². The maximum absolute atomic E-state index is 7.50. The third-order valence-corrected chi connectivity index (χ3v) is 2.85. The quantitative estimate of drug-likeness (QED) is 0.413. The first-order valence-electron chi connectivity index (χ1n) is 5.98. The minimum atomic E-state index is -0.0164. The topological polar surface area (TPSA) is 77.6 Å². The van der Waals surface area contributed by atoms with Crippen LogP contribution in [0.3, 0.4) is 0 Å². The van der Waals surface area contributed by atoms with Gasteiger partial charge in [0.25, 0.3) is 0 Å². The largest absolute Gasteiger partial charge is 0.490 e. The molecule has 0 aliphatic rings. The van der Waals surface area contributed by atoms with Crippen molar-refractivity contribution in [1.29, 1.82) is 5.41 Å². The van der Waals surface area contributed by atoms with Gasteiger partial charge in [0.2, 0.25) is 0 Å². The molecule has 6 heteroatoms. The van der Waals surface area contributed by atoms with E-state index in [9.17, 15) is 0 Å². The normalized spacial score (nSPS) is 10.4. The number of nitrogens with two attached hydrogens (primary N) is 1. The fraction of sp³-hybridized carbons (Fsp3) is 0.462. The lowest BCUT2D eigenvalue weighted by atomic mass is 10.2. The Hall–Kier alpha value is -1.11. The molecule has 0 heterocycles. The standard InChI is InChI=1S/C13H19BrN2O3/c1-17-5-2-6-18-7-8-19-12-4-3-10(14)9-11(12)13(15)16/h3-4,9H,2,5-8H2,1H3,(H3,15,16). The van der Waals surface area contributed by atoms with E-state index in [1.807, 2.05) is 6.07 Å². The molecule has 1 aromatic carbocycles. The lowest BCUT2D eigenvalue weighted by molar-refractivity contribution is 0.0806. The highest BCUT2D eigenvalue weighted by atomic mass is 79.9. The van der Waals surface area contributed by atoms with Gasteiger partial charge in [-0.2, -0.15) is 0 Å². The zero-order valence-electron chi connectivity index (χ0n) is 10.9. The predicted molar refractivity (Wildman–Crippen MR) is 78.0 cm³/mol. The van der Waals surface area contributed by atoms with Gasteiger partial charge in [0.05, 0.1) is 12.2 Å². The molecule has 0 atom stereocenters. The summed E-state index contributed by atoms with van der Waals surface area (Å²) < 4.78 is 16.7. The molecule has 0 amide bonds. The Morgan fingerprint density at radius 2 is 2.05 bits per heavy atom. The summed E-state index contributed by atoms with van der Waals surface area (Å²) in [5.74, 6) is 0.577. The molecular formula is C13H19BrN2O3. The van der Waals surface area contributed by atoms with Gasteiger partial charge in [-0.25, -0.2) is 0 Å². The summed E-state index contributed by atoms with van der Waals surface area (Å²) in [5, 5.41) is 7.50. The fourth-order valence-corrected chi connectivity index (χ4v) is 1.82. The van der Waals surface area contributed by atoms with Crippen LogP contribution in [0.2, 0.25) is 0 Å². The van der Waals surface area contributed by atoms with E-state index in [4.69, 9.17) is 25.4 Å². The zero-order chi connectivity index (χ0) is 14.1. The van der Waals surface area contributed by atoms with Gasteiger partial charge in [0.1, 0.15) is 18.2 Å². The van der Waals surface area contributed by atoms with Crippen LogP contribution in [-0.4, -0.2) is 39.4 Å². The third-order valence-electron chi connectivity index (χ3n) is 2.35. The first-order chi connectivity index (χ1) is 9.15. The molecule has 0 saturated carbocycles. The number of amidine groups is 1. The van der Waals surface area contributed by atoms with Crippen molar-refractivity contribution in [3.05, 3.63) is 28.2 Å². The summed E-state index contributed by atoms with van der Waals surface area (Å²) in [5.41, 5.74) is 6.08. The highest BCUT2D eigenvalue weighted by Crippen LogP contribution is 2.22. The summed E-state index contributed by atoms with van der Waals surface area (Å²) >= 11 is 3.34. The molecule has 0 aromatic heterocycles. The first-order valence-corrected chi connectivity index (χ1v) is 6.78. The Morgan fingerprint density at radius 3 is 2.74 bits per heavy atom. The monoisotopic (exact) mass is 330 g/mol. The molecule has 0 unspecified atom stereocenters. The van der Waals surface area contributed by atoms with Crippen molar-refractivity contribution >= 4 is 21.8 Å². The number of halogens is 1. The summed E-state index contributed by atoms with van der Waals surface area (Å²) in [6.45, 7) is 2.27. The molecule has 1 rings (SSSR count). The summed E-state index contributed by atoms with van der Waals surface area (Å²) in [6.07, 6.45) is 0.869. The molecule has 5 nitrogen and oxygen atoms in total. The van der Waals surface area contributed by atoms with Crippen molar-refractivity contribution < 1.29 is 14.2 Å². The molecule has 0 aliphatic carbocycles. The van der Waals surface area contributed by atoms with Gasteiger partial charge in [-0.05, 0) is 24.6 Å². The highest BCUT2D eigenvalue weighted by molar-refractivity contribution is 9.10. The number of rotatable bonds is 9. The SMILES string of the molecule is COCCCOCCOc1ccc(Br)cc1C(=N)N. The molecule has 0 aliphatic heterocycles. The maximum Gasteiger partial charge on any atom is 0.130 e. The molecule has 106 valence electrons. The van der Waals surface area contributed by atoms with E-state index in [1.54, 1.807) is 19.2 Å². The van der Waals surface area contributed by atoms with Crippen LogP contribution in [0.1, 0.15) is 12.0 Å². The average molecular weight is 331 g/mol. The van der Waals surface area contributed by atoms with Gasteiger partial charge < -0.3 is 19.9 Å². The van der Waals surface area contributed by atoms with Gasteiger partial charge in [-0.1, -0.05) is 15.9 Å². The first kappa shape index (κ1) is 15.9. The van der Waals surface area contributed by atoms with E-state index in [-0.39, 0.29) is 5.84 Å². The van der Waals surface area contributed by atoms with Crippen molar-refractivity contribution in [2.45, 2.75) is 6.42 Å². The molecule has 0 fully saturated rings. The van der Waals surface area contributed by atoms with Crippen LogP contribution >= 0.6 is 15.9 Å². The number of nitrogen functional groups attached to an aromatic ring is 1. The van der Waals surface area contributed by atoms with E-state index >= 15 is 0 Å². The molecule has 1 aromatic rings. The molecule has 19 heavy (non-hydrogen) atoms. The Bertz CT molecular complexity index is 413. The Kier molecular flexibility index (Phi) is 7.47. The second kappa shape index (κ2) is 8.90. The zero-order valence-corrected chi connectivity index (χ0v) is 12.5. The Morgan fingerprint density at radius 1 is 1.26 bits per heavy atom. The summed E-state index contributed by atoms with van der Waals surface area (Å²) in [4.78, 5) is 0. The predicted octanol–water partition coefficient (Wildman–Crippen LogP) is 2.17. The van der Waals surface area contributed by atoms with Gasteiger partial charge in [-0.3, -0.25) is 5.41 Å². The average Bonchev–Trinajstić information content (AvgIpc) is 2.39. The van der Waals surface area contributed by atoms with E-state index in [0.29, 0.717) is 37.7 Å².